The van der Waals surface area contributed by atoms with Gasteiger partial charge in [-0.15, -0.1) is 11.3 Å². The zero-order chi connectivity index (χ0) is 15.7. The Morgan fingerprint density at radius 2 is 2.36 bits per heavy atom. The third-order valence-electron chi connectivity index (χ3n) is 3.49. The van der Waals surface area contributed by atoms with E-state index in [2.05, 4.69) is 0 Å². The van der Waals surface area contributed by atoms with Crippen molar-refractivity contribution < 1.29 is 14.4 Å². The summed E-state index contributed by atoms with van der Waals surface area (Å²) in [6, 6.07) is 9.62. The Morgan fingerprint density at radius 3 is 3.05 bits per heavy atom. The van der Waals surface area contributed by atoms with Crippen LogP contribution in [0.2, 0.25) is 0 Å². The van der Waals surface area contributed by atoms with Crippen molar-refractivity contribution in [1.82, 2.24) is 0 Å². The molecule has 7 heteroatoms. The zero-order valence-corrected chi connectivity index (χ0v) is 12.9. The number of benzene rings is 1. The summed E-state index contributed by atoms with van der Waals surface area (Å²) in [6.07, 6.45) is 0. The number of rotatable bonds is 4. The smallest absolute Gasteiger partial charge is 0.490 e. The zero-order valence-electron chi connectivity index (χ0n) is 12.1. The van der Waals surface area contributed by atoms with Gasteiger partial charge in [-0.2, -0.15) is 5.26 Å². The van der Waals surface area contributed by atoms with E-state index in [0.717, 1.165) is 21.5 Å². The monoisotopic (exact) mass is 314 g/mol. The predicted octanol–water partition coefficient (Wildman–Crippen LogP) is 1.25. The van der Waals surface area contributed by atoms with E-state index >= 15 is 0 Å². The van der Waals surface area contributed by atoms with Gasteiger partial charge in [0, 0.05) is 15.9 Å². The Kier molecular flexibility index (Phi) is 3.93. The highest BCUT2D eigenvalue weighted by atomic mass is 32.1. The van der Waals surface area contributed by atoms with Crippen LogP contribution in [0.4, 0.5) is 0 Å². The summed E-state index contributed by atoms with van der Waals surface area (Å²) in [7, 11) is -0.962. The van der Waals surface area contributed by atoms with E-state index in [0.29, 0.717) is 12.4 Å². The maximum atomic E-state index is 10.1. The van der Waals surface area contributed by atoms with E-state index in [4.69, 9.17) is 20.4 Å². The van der Waals surface area contributed by atoms with Crippen LogP contribution < -0.4 is 15.9 Å². The molecule has 3 N–H and O–H groups in total. The van der Waals surface area contributed by atoms with Crippen molar-refractivity contribution in [2.24, 2.45) is 5.73 Å². The lowest BCUT2D eigenvalue weighted by atomic mass is 9.75. The van der Waals surface area contributed by atoms with Crippen LogP contribution in [0.1, 0.15) is 12.5 Å². The van der Waals surface area contributed by atoms with Crippen LogP contribution in [0.15, 0.2) is 29.6 Å². The molecule has 0 aliphatic carbocycles. The molecule has 0 radical (unpaired) electrons. The van der Waals surface area contributed by atoms with Crippen LogP contribution in [0.3, 0.4) is 0 Å². The molecule has 5 nitrogen and oxygen atoms in total. The summed E-state index contributed by atoms with van der Waals surface area (Å²) in [6.45, 7) is 2.06. The Balaban J connectivity index is 2.04. The molecule has 1 atom stereocenters. The molecule has 0 spiro atoms. The molecule has 1 aromatic carbocycles. The van der Waals surface area contributed by atoms with E-state index in [1.54, 1.807) is 18.3 Å². The van der Waals surface area contributed by atoms with E-state index in [1.165, 1.54) is 0 Å². The number of nitrogens with two attached hydrogens (primary N) is 1. The summed E-state index contributed by atoms with van der Waals surface area (Å²) in [5.74, 6) is 0.595. The van der Waals surface area contributed by atoms with Crippen LogP contribution in [0.25, 0.3) is 10.4 Å². The van der Waals surface area contributed by atoms with E-state index in [9.17, 15) is 5.02 Å². The number of ether oxygens (including phenoxy) is 1. The minimum atomic E-state index is -1.07. The fourth-order valence-electron chi connectivity index (χ4n) is 2.36. The summed E-state index contributed by atoms with van der Waals surface area (Å²) < 4.78 is 11.1. The number of hydrogen-bond acceptors (Lipinski definition) is 6. The maximum Gasteiger partial charge on any atom is 0.492 e. The lowest BCUT2D eigenvalue weighted by Gasteiger charge is -2.19. The van der Waals surface area contributed by atoms with Crippen molar-refractivity contribution >= 4 is 23.9 Å². The molecule has 0 amide bonds. The molecule has 1 aliphatic rings. The van der Waals surface area contributed by atoms with Gasteiger partial charge in [0.15, 0.2) is 0 Å². The van der Waals surface area contributed by atoms with E-state index in [1.807, 2.05) is 35.7 Å². The Morgan fingerprint density at radius 1 is 1.55 bits per heavy atom. The first-order valence-electron chi connectivity index (χ1n) is 6.84. The Labute approximate surface area is 133 Å². The van der Waals surface area contributed by atoms with Gasteiger partial charge in [0.2, 0.25) is 0 Å². The lowest BCUT2D eigenvalue weighted by molar-refractivity contribution is 0.266. The molecule has 2 heterocycles. The van der Waals surface area contributed by atoms with Gasteiger partial charge in [-0.25, -0.2) is 0 Å². The molecule has 3 rings (SSSR count). The second-order valence-electron chi connectivity index (χ2n) is 5.47. The van der Waals surface area contributed by atoms with Gasteiger partial charge in [-0.3, -0.25) is 0 Å². The van der Waals surface area contributed by atoms with Gasteiger partial charge in [0.25, 0.3) is 0 Å². The van der Waals surface area contributed by atoms with Crippen molar-refractivity contribution in [2.45, 2.75) is 19.1 Å². The Hall–Kier alpha value is -1.85. The summed E-state index contributed by atoms with van der Waals surface area (Å²) >= 11 is 1.55. The summed E-state index contributed by atoms with van der Waals surface area (Å²) in [5, 5.41) is 21.1. The van der Waals surface area contributed by atoms with Crippen LogP contribution >= 0.6 is 11.3 Å². The highest BCUT2D eigenvalue weighted by molar-refractivity contribution is 7.13. The van der Waals surface area contributed by atoms with Gasteiger partial charge in [-0.1, -0.05) is 12.1 Å². The maximum absolute atomic E-state index is 10.1. The number of fused-ring (bicyclic) bond motifs is 1. The molecule has 112 valence electrons. The first-order valence-corrected chi connectivity index (χ1v) is 7.72. The number of nitrogens with zero attached hydrogens (tertiary/aromatic N) is 1. The van der Waals surface area contributed by atoms with E-state index < -0.39 is 12.7 Å². The quantitative estimate of drug-likeness (QED) is 0.829. The third-order valence-corrected chi connectivity index (χ3v) is 4.38. The molecule has 0 unspecified atom stereocenters. The fourth-order valence-corrected chi connectivity index (χ4v) is 3.15. The minimum absolute atomic E-state index is 0.0671. The van der Waals surface area contributed by atoms with Crippen molar-refractivity contribution in [2.75, 3.05) is 6.61 Å². The average Bonchev–Trinajstić information content (AvgIpc) is 3.15. The molecule has 0 saturated carbocycles. The highest BCUT2D eigenvalue weighted by Gasteiger charge is 2.33. The highest BCUT2D eigenvalue weighted by Crippen LogP contribution is 2.35. The average molecular weight is 314 g/mol. The first-order chi connectivity index (χ1) is 10.5. The number of hydrogen-bond donors (Lipinski definition) is 2. The molecule has 22 heavy (non-hydrogen) atoms. The second-order valence-corrected chi connectivity index (χ2v) is 6.42. The first kappa shape index (κ1) is 15.1. The molecule has 2 aromatic rings. The van der Waals surface area contributed by atoms with Crippen LogP contribution in [0, 0.1) is 11.3 Å². The van der Waals surface area contributed by atoms with Gasteiger partial charge < -0.3 is 20.1 Å². The molecule has 1 aliphatic heterocycles. The largest absolute Gasteiger partial charge is 0.492 e. The molecular weight excluding hydrogens is 299 g/mol. The summed E-state index contributed by atoms with van der Waals surface area (Å²) in [4.78, 5) is 0.979. The number of nitriles is 1. The van der Waals surface area contributed by atoms with Crippen molar-refractivity contribution in [1.29, 1.82) is 5.26 Å². The predicted molar refractivity (Wildman–Crippen MR) is 85.9 cm³/mol. The van der Waals surface area contributed by atoms with Crippen LogP contribution in [-0.2, 0) is 11.3 Å². The molecular formula is C15H15BN2O3S. The number of thiophene rings is 1. The van der Waals surface area contributed by atoms with Gasteiger partial charge >= 0.3 is 7.12 Å². The minimum Gasteiger partial charge on any atom is -0.490 e. The van der Waals surface area contributed by atoms with Crippen LogP contribution in [-0.4, -0.2) is 24.3 Å². The lowest BCUT2D eigenvalue weighted by Crippen LogP contribution is -2.41. The van der Waals surface area contributed by atoms with Gasteiger partial charge in [-0.05, 0) is 30.0 Å². The molecule has 0 bridgehead atoms. The topological polar surface area (TPSA) is 88.5 Å². The SMILES string of the molecule is C[C@@](N)(C#N)COc1ccc2c(c1-c1cccs1)B(O)OC2. The van der Waals surface area contributed by atoms with Crippen LogP contribution in [0.5, 0.6) is 5.75 Å². The van der Waals surface area contributed by atoms with E-state index in [-0.39, 0.29) is 6.61 Å². The standard InChI is InChI=1S/C15H15BN2O3S/c1-15(18,8-17)9-20-11-5-4-10-7-21-16(19)14(10)13(11)12-3-2-6-22-12/h2-6,19H,7,9,18H2,1H3/t15-/m1/s1. The molecule has 0 fully saturated rings. The Bertz CT molecular complexity index is 725. The van der Waals surface area contributed by atoms with Crippen molar-refractivity contribution in [3.8, 4) is 22.3 Å². The van der Waals surface area contributed by atoms with Gasteiger partial charge in [0.05, 0.1) is 12.7 Å². The third kappa shape index (κ3) is 2.74. The normalized spacial score (nSPS) is 16.0. The van der Waals surface area contributed by atoms with Crippen molar-refractivity contribution in [3.05, 3.63) is 35.2 Å². The molecule has 0 saturated heterocycles. The summed E-state index contributed by atoms with van der Waals surface area (Å²) in [5.41, 5.74) is 7.23. The second kappa shape index (κ2) is 5.74. The van der Waals surface area contributed by atoms with Crippen molar-refractivity contribution in [3.63, 3.8) is 0 Å². The fraction of sp³-hybridized carbons (Fsp3) is 0.267. The van der Waals surface area contributed by atoms with Gasteiger partial charge in [0.1, 0.15) is 17.9 Å². The molecule has 1 aromatic heterocycles.